The van der Waals surface area contributed by atoms with E-state index >= 15 is 0 Å². The standard InChI is InChI=1S/C18H20BrNO5S/c1-3-4-11-25-18(21)13-5-8-15(9-6-13)20-26(22,23)17-12-14(19)7-10-16(17)24-2/h5-10,12,20H,3-4,11H2,1-2H3. The molecule has 2 aromatic carbocycles. The molecule has 1 N–H and O–H groups in total. The first-order valence-corrected chi connectivity index (χ1v) is 10.3. The minimum Gasteiger partial charge on any atom is -0.495 e. The van der Waals surface area contributed by atoms with Gasteiger partial charge in [0.1, 0.15) is 10.6 Å². The van der Waals surface area contributed by atoms with Crippen LogP contribution in [-0.4, -0.2) is 28.1 Å². The highest BCUT2D eigenvalue weighted by atomic mass is 79.9. The number of nitrogens with one attached hydrogen (secondary N) is 1. The van der Waals surface area contributed by atoms with Crippen LogP contribution in [0.5, 0.6) is 5.75 Å². The molecule has 0 atom stereocenters. The van der Waals surface area contributed by atoms with Crippen molar-refractivity contribution < 1.29 is 22.7 Å². The van der Waals surface area contributed by atoms with E-state index in [0.29, 0.717) is 22.3 Å². The first-order chi connectivity index (χ1) is 12.4. The summed E-state index contributed by atoms with van der Waals surface area (Å²) in [5.41, 5.74) is 0.696. The number of hydrogen-bond donors (Lipinski definition) is 1. The van der Waals surface area contributed by atoms with Crippen LogP contribution in [0, 0.1) is 0 Å². The Morgan fingerprint density at radius 3 is 2.46 bits per heavy atom. The first-order valence-electron chi connectivity index (χ1n) is 8.01. The molecule has 0 radical (unpaired) electrons. The number of methoxy groups -OCH3 is 1. The van der Waals surface area contributed by atoms with Crippen molar-refractivity contribution in [2.75, 3.05) is 18.4 Å². The lowest BCUT2D eigenvalue weighted by molar-refractivity contribution is 0.0500. The quantitative estimate of drug-likeness (QED) is 0.489. The Morgan fingerprint density at radius 1 is 1.15 bits per heavy atom. The maximum absolute atomic E-state index is 12.6. The third kappa shape index (κ3) is 5.22. The van der Waals surface area contributed by atoms with Gasteiger partial charge in [0.15, 0.2) is 0 Å². The summed E-state index contributed by atoms with van der Waals surface area (Å²) in [7, 11) is -2.45. The van der Waals surface area contributed by atoms with Gasteiger partial charge in [0.25, 0.3) is 10.0 Å². The molecule has 0 saturated heterocycles. The molecule has 0 saturated carbocycles. The van der Waals surface area contributed by atoms with Crippen LogP contribution in [0.1, 0.15) is 30.1 Å². The average molecular weight is 442 g/mol. The third-order valence-electron chi connectivity index (χ3n) is 3.52. The van der Waals surface area contributed by atoms with Crippen LogP contribution >= 0.6 is 15.9 Å². The number of benzene rings is 2. The van der Waals surface area contributed by atoms with Crippen molar-refractivity contribution in [2.45, 2.75) is 24.7 Å². The highest BCUT2D eigenvalue weighted by molar-refractivity contribution is 9.10. The molecule has 0 heterocycles. The lowest BCUT2D eigenvalue weighted by Gasteiger charge is -2.12. The monoisotopic (exact) mass is 441 g/mol. The van der Waals surface area contributed by atoms with E-state index in [9.17, 15) is 13.2 Å². The molecule has 0 aromatic heterocycles. The number of anilines is 1. The summed E-state index contributed by atoms with van der Waals surface area (Å²) < 4.78 is 38.6. The second-order valence-corrected chi connectivity index (χ2v) is 8.03. The molecule has 0 amide bonds. The highest BCUT2D eigenvalue weighted by Crippen LogP contribution is 2.29. The topological polar surface area (TPSA) is 81.7 Å². The second-order valence-electron chi connectivity index (χ2n) is 5.47. The number of rotatable bonds is 8. The molecular weight excluding hydrogens is 422 g/mol. The molecule has 6 nitrogen and oxygen atoms in total. The van der Waals surface area contributed by atoms with Crippen molar-refractivity contribution >= 4 is 37.6 Å². The summed E-state index contributed by atoms with van der Waals surface area (Å²) in [5, 5.41) is 0. The van der Waals surface area contributed by atoms with Gasteiger partial charge in [-0.1, -0.05) is 29.3 Å². The van der Waals surface area contributed by atoms with Crippen LogP contribution < -0.4 is 9.46 Å². The molecule has 0 spiro atoms. The number of carbonyl (C=O) groups is 1. The number of ether oxygens (including phenoxy) is 2. The Balaban J connectivity index is 2.15. The van der Waals surface area contributed by atoms with E-state index < -0.39 is 16.0 Å². The predicted molar refractivity (Wildman–Crippen MR) is 103 cm³/mol. The molecule has 0 aliphatic carbocycles. The molecule has 0 aliphatic heterocycles. The smallest absolute Gasteiger partial charge is 0.338 e. The number of hydrogen-bond acceptors (Lipinski definition) is 5. The lowest BCUT2D eigenvalue weighted by atomic mass is 10.2. The molecule has 2 aromatic rings. The van der Waals surface area contributed by atoms with Crippen LogP contribution in [0.4, 0.5) is 5.69 Å². The number of carbonyl (C=O) groups excluding carboxylic acids is 1. The van der Waals surface area contributed by atoms with Gasteiger partial charge >= 0.3 is 5.97 Å². The molecule has 0 bridgehead atoms. The molecule has 0 fully saturated rings. The maximum atomic E-state index is 12.6. The van der Waals surface area contributed by atoms with Crippen molar-refractivity contribution in [3.63, 3.8) is 0 Å². The maximum Gasteiger partial charge on any atom is 0.338 e. The van der Waals surface area contributed by atoms with Gasteiger partial charge in [-0.3, -0.25) is 4.72 Å². The summed E-state index contributed by atoms with van der Waals surface area (Å²) in [6.07, 6.45) is 1.74. The van der Waals surface area contributed by atoms with E-state index in [1.54, 1.807) is 12.1 Å². The Labute approximate surface area is 161 Å². The van der Waals surface area contributed by atoms with E-state index in [1.165, 1.54) is 37.4 Å². The third-order valence-corrected chi connectivity index (χ3v) is 5.41. The Kier molecular flexibility index (Phi) is 7.05. The zero-order valence-electron chi connectivity index (χ0n) is 14.5. The van der Waals surface area contributed by atoms with Gasteiger partial charge in [-0.25, -0.2) is 13.2 Å². The van der Waals surface area contributed by atoms with Crippen molar-refractivity contribution in [3.8, 4) is 5.75 Å². The minimum absolute atomic E-state index is 0.0115. The molecule has 2 rings (SSSR count). The molecule has 0 aliphatic rings. The molecule has 0 unspecified atom stereocenters. The summed E-state index contributed by atoms with van der Waals surface area (Å²) in [6, 6.07) is 10.8. The van der Waals surface area contributed by atoms with Gasteiger partial charge in [-0.05, 0) is 48.9 Å². The van der Waals surface area contributed by atoms with Gasteiger partial charge in [-0.15, -0.1) is 0 Å². The Hall–Kier alpha value is -2.06. The van der Waals surface area contributed by atoms with E-state index in [4.69, 9.17) is 9.47 Å². The highest BCUT2D eigenvalue weighted by Gasteiger charge is 2.20. The van der Waals surface area contributed by atoms with E-state index in [-0.39, 0.29) is 10.6 Å². The fraction of sp³-hybridized carbons (Fsp3) is 0.278. The summed E-state index contributed by atoms with van der Waals surface area (Å²) in [5.74, 6) is -0.196. The number of sulfonamides is 1. The summed E-state index contributed by atoms with van der Waals surface area (Å²) in [4.78, 5) is 11.9. The number of esters is 1. The molecular formula is C18H20BrNO5S. The van der Waals surface area contributed by atoms with Crippen molar-refractivity contribution in [2.24, 2.45) is 0 Å². The lowest BCUT2D eigenvalue weighted by Crippen LogP contribution is -2.14. The van der Waals surface area contributed by atoms with Crippen molar-refractivity contribution in [1.82, 2.24) is 0 Å². The Bertz CT molecular complexity index is 866. The summed E-state index contributed by atoms with van der Waals surface area (Å²) in [6.45, 7) is 2.38. The second kappa shape index (κ2) is 9.05. The normalized spacial score (nSPS) is 11.0. The van der Waals surface area contributed by atoms with Crippen LogP contribution in [0.2, 0.25) is 0 Å². The van der Waals surface area contributed by atoms with Crippen molar-refractivity contribution in [3.05, 3.63) is 52.5 Å². The fourth-order valence-electron chi connectivity index (χ4n) is 2.14. The van der Waals surface area contributed by atoms with E-state index in [2.05, 4.69) is 20.7 Å². The molecule has 26 heavy (non-hydrogen) atoms. The van der Waals surface area contributed by atoms with Gasteiger partial charge in [0, 0.05) is 10.2 Å². The molecule has 8 heteroatoms. The number of unbranched alkanes of at least 4 members (excludes halogenated alkanes) is 1. The molecule has 140 valence electrons. The minimum atomic E-state index is -3.85. The predicted octanol–water partition coefficient (Wildman–Crippen LogP) is 4.22. The first kappa shape index (κ1) is 20.3. The van der Waals surface area contributed by atoms with Gasteiger partial charge in [0.2, 0.25) is 0 Å². The van der Waals surface area contributed by atoms with Crippen LogP contribution in [0.3, 0.4) is 0 Å². The Morgan fingerprint density at radius 2 is 1.85 bits per heavy atom. The van der Waals surface area contributed by atoms with Crippen LogP contribution in [0.15, 0.2) is 51.8 Å². The summed E-state index contributed by atoms with van der Waals surface area (Å²) >= 11 is 3.26. The van der Waals surface area contributed by atoms with Crippen LogP contribution in [-0.2, 0) is 14.8 Å². The van der Waals surface area contributed by atoms with Gasteiger partial charge in [-0.2, -0.15) is 0 Å². The average Bonchev–Trinajstić information content (AvgIpc) is 2.62. The fourth-order valence-corrected chi connectivity index (χ4v) is 3.90. The van der Waals surface area contributed by atoms with Crippen molar-refractivity contribution in [1.29, 1.82) is 0 Å². The van der Waals surface area contributed by atoms with E-state index in [1.807, 2.05) is 6.92 Å². The number of halogens is 1. The van der Waals surface area contributed by atoms with Gasteiger partial charge in [0.05, 0.1) is 19.3 Å². The SMILES string of the molecule is CCCCOC(=O)c1ccc(NS(=O)(=O)c2cc(Br)ccc2OC)cc1. The largest absolute Gasteiger partial charge is 0.495 e. The van der Waals surface area contributed by atoms with Crippen LogP contribution in [0.25, 0.3) is 0 Å². The zero-order valence-corrected chi connectivity index (χ0v) is 16.9. The van der Waals surface area contributed by atoms with Gasteiger partial charge < -0.3 is 9.47 Å². The van der Waals surface area contributed by atoms with E-state index in [0.717, 1.165) is 12.8 Å². The zero-order chi connectivity index (χ0) is 19.2.